The molecule has 0 radical (unpaired) electrons. The first-order valence-electron chi connectivity index (χ1n) is 11.5. The number of amides is 2. The van der Waals surface area contributed by atoms with Gasteiger partial charge in [0.2, 0.25) is 5.91 Å². The Kier molecular flexibility index (Phi) is 7.45. The molecular formula is C26H27N3O5S. The normalized spacial score (nSPS) is 14.8. The maximum atomic E-state index is 13.0. The van der Waals surface area contributed by atoms with E-state index in [9.17, 15) is 14.4 Å². The van der Waals surface area contributed by atoms with Crippen LogP contribution in [0.4, 0.5) is 11.4 Å². The number of esters is 1. The molecule has 9 heteroatoms. The van der Waals surface area contributed by atoms with Gasteiger partial charge in [-0.2, -0.15) is 0 Å². The topological polar surface area (TPSA) is 97.8 Å². The molecule has 1 aliphatic heterocycles. The number of fused-ring (bicyclic) bond motifs is 1. The zero-order valence-corrected chi connectivity index (χ0v) is 20.7. The van der Waals surface area contributed by atoms with Crippen LogP contribution < -0.4 is 15.0 Å². The molecule has 8 nitrogen and oxygen atoms in total. The predicted molar refractivity (Wildman–Crippen MR) is 135 cm³/mol. The molecule has 1 unspecified atom stereocenters. The number of nitrogens with zero attached hydrogens (tertiary/aromatic N) is 2. The summed E-state index contributed by atoms with van der Waals surface area (Å²) in [6.07, 6.45) is 1.19. The smallest absolute Gasteiger partial charge is 0.340 e. The maximum absolute atomic E-state index is 13.0. The van der Waals surface area contributed by atoms with Crippen LogP contribution in [-0.2, 0) is 20.7 Å². The Hall–Kier alpha value is -3.72. The molecule has 2 aromatic carbocycles. The van der Waals surface area contributed by atoms with Crippen LogP contribution in [0.25, 0.3) is 11.3 Å². The van der Waals surface area contributed by atoms with Gasteiger partial charge in [-0.3, -0.25) is 14.5 Å². The highest BCUT2D eigenvalue weighted by molar-refractivity contribution is 7.09. The van der Waals surface area contributed by atoms with E-state index >= 15 is 0 Å². The highest BCUT2D eigenvalue weighted by Crippen LogP contribution is 2.38. The molecule has 2 amide bonds. The van der Waals surface area contributed by atoms with Crippen molar-refractivity contribution in [1.82, 2.24) is 4.98 Å². The van der Waals surface area contributed by atoms with Gasteiger partial charge in [-0.25, -0.2) is 9.78 Å². The van der Waals surface area contributed by atoms with E-state index in [0.29, 0.717) is 17.1 Å². The fraction of sp³-hybridized carbons (Fsp3) is 0.308. The van der Waals surface area contributed by atoms with Gasteiger partial charge >= 0.3 is 5.97 Å². The lowest BCUT2D eigenvalue weighted by molar-refractivity contribution is -0.127. The van der Waals surface area contributed by atoms with E-state index in [4.69, 9.17) is 9.47 Å². The summed E-state index contributed by atoms with van der Waals surface area (Å²) in [7, 11) is 0. The van der Waals surface area contributed by atoms with Crippen molar-refractivity contribution in [2.24, 2.45) is 0 Å². The second kappa shape index (κ2) is 10.7. The average Bonchev–Trinajstić information content (AvgIpc) is 3.31. The van der Waals surface area contributed by atoms with E-state index in [1.807, 2.05) is 17.5 Å². The predicted octanol–water partition coefficient (Wildman–Crippen LogP) is 4.69. The summed E-state index contributed by atoms with van der Waals surface area (Å²) in [5, 5.41) is 5.79. The van der Waals surface area contributed by atoms with Crippen molar-refractivity contribution in [3.63, 3.8) is 0 Å². The summed E-state index contributed by atoms with van der Waals surface area (Å²) in [4.78, 5) is 44.4. The Labute approximate surface area is 207 Å². The van der Waals surface area contributed by atoms with Crippen LogP contribution in [0.3, 0.4) is 0 Å². The molecule has 0 bridgehead atoms. The Balaban J connectivity index is 1.59. The zero-order chi connectivity index (χ0) is 24.9. The lowest BCUT2D eigenvalue weighted by atomic mass is 10.1. The first-order chi connectivity index (χ1) is 16.9. The van der Waals surface area contributed by atoms with Crippen LogP contribution in [0.2, 0.25) is 0 Å². The number of thiazole rings is 1. The minimum atomic E-state index is -0.733. The summed E-state index contributed by atoms with van der Waals surface area (Å²) >= 11 is 1.60. The van der Waals surface area contributed by atoms with Gasteiger partial charge in [0.25, 0.3) is 5.91 Å². The SMILES string of the molecule is CCCc1nc(-c2ccc3c(c2)N(CC(=O)Nc2ccccc2C(=O)OCC)C(=O)C(C)O3)cs1. The van der Waals surface area contributed by atoms with E-state index in [2.05, 4.69) is 17.2 Å². The summed E-state index contributed by atoms with van der Waals surface area (Å²) < 4.78 is 10.9. The van der Waals surface area contributed by atoms with Gasteiger partial charge in [0.1, 0.15) is 12.3 Å². The quantitative estimate of drug-likeness (QED) is 0.457. The summed E-state index contributed by atoms with van der Waals surface area (Å²) in [6, 6.07) is 12.1. The molecule has 4 rings (SSSR count). The van der Waals surface area contributed by atoms with Gasteiger partial charge in [-0.1, -0.05) is 19.1 Å². The number of benzene rings is 2. The molecule has 0 saturated carbocycles. The number of carbonyl (C=O) groups excluding carboxylic acids is 3. The van der Waals surface area contributed by atoms with Crippen LogP contribution in [0.5, 0.6) is 5.75 Å². The minimum Gasteiger partial charge on any atom is -0.479 e. The van der Waals surface area contributed by atoms with Crippen molar-refractivity contribution in [3.05, 3.63) is 58.4 Å². The molecule has 0 aliphatic carbocycles. The molecule has 182 valence electrons. The third-order valence-electron chi connectivity index (χ3n) is 5.48. The Morgan fingerprint density at radius 2 is 2.00 bits per heavy atom. The summed E-state index contributed by atoms with van der Waals surface area (Å²) in [5.41, 5.74) is 2.74. The molecule has 35 heavy (non-hydrogen) atoms. The maximum Gasteiger partial charge on any atom is 0.340 e. The van der Waals surface area contributed by atoms with Gasteiger partial charge in [0, 0.05) is 10.9 Å². The molecule has 1 N–H and O–H groups in total. The van der Waals surface area contributed by atoms with Gasteiger partial charge in [-0.15, -0.1) is 11.3 Å². The van der Waals surface area contributed by atoms with Crippen LogP contribution in [-0.4, -0.2) is 42.0 Å². The number of para-hydroxylation sites is 1. The fourth-order valence-electron chi connectivity index (χ4n) is 3.81. The molecule has 0 saturated heterocycles. The first-order valence-corrected chi connectivity index (χ1v) is 12.4. The van der Waals surface area contributed by atoms with E-state index in [1.54, 1.807) is 55.5 Å². The van der Waals surface area contributed by atoms with Crippen molar-refractivity contribution in [3.8, 4) is 17.0 Å². The lowest BCUT2D eigenvalue weighted by Crippen LogP contribution is -2.47. The number of anilines is 2. The van der Waals surface area contributed by atoms with Crippen LogP contribution in [0.1, 0.15) is 42.6 Å². The van der Waals surface area contributed by atoms with Crippen LogP contribution in [0.15, 0.2) is 47.8 Å². The standard InChI is InChI=1S/C26H27N3O5S/c1-4-8-24-28-20(15-35-24)17-11-12-22-21(13-17)29(25(31)16(3)34-22)14-23(30)27-19-10-7-6-9-18(19)26(32)33-5-2/h6-7,9-13,15-16H,4-5,8,14H2,1-3H3,(H,27,30). The summed E-state index contributed by atoms with van der Waals surface area (Å²) in [6.45, 7) is 5.46. The highest BCUT2D eigenvalue weighted by atomic mass is 32.1. The van der Waals surface area contributed by atoms with Crippen LogP contribution in [0, 0.1) is 0 Å². The van der Waals surface area contributed by atoms with E-state index in [0.717, 1.165) is 29.1 Å². The van der Waals surface area contributed by atoms with E-state index < -0.39 is 18.0 Å². The second-order valence-electron chi connectivity index (χ2n) is 8.06. The fourth-order valence-corrected chi connectivity index (χ4v) is 4.72. The van der Waals surface area contributed by atoms with Crippen LogP contribution >= 0.6 is 11.3 Å². The molecule has 3 aromatic rings. The largest absolute Gasteiger partial charge is 0.479 e. The molecule has 1 aromatic heterocycles. The van der Waals surface area contributed by atoms with E-state index in [-0.39, 0.29) is 24.6 Å². The minimum absolute atomic E-state index is 0.222. The number of aryl methyl sites for hydroxylation is 1. The van der Waals surface area contributed by atoms with Gasteiger partial charge < -0.3 is 14.8 Å². The zero-order valence-electron chi connectivity index (χ0n) is 19.9. The Morgan fingerprint density at radius 3 is 2.77 bits per heavy atom. The third-order valence-corrected chi connectivity index (χ3v) is 6.39. The average molecular weight is 494 g/mol. The van der Waals surface area contributed by atoms with Gasteiger partial charge in [-0.05, 0) is 57.0 Å². The lowest BCUT2D eigenvalue weighted by Gasteiger charge is -2.33. The second-order valence-corrected chi connectivity index (χ2v) is 9.00. The van der Waals surface area contributed by atoms with Crippen molar-refractivity contribution in [2.75, 3.05) is 23.4 Å². The number of hydrogen-bond donors (Lipinski definition) is 1. The molecular weight excluding hydrogens is 466 g/mol. The first kappa shape index (κ1) is 24.4. The summed E-state index contributed by atoms with van der Waals surface area (Å²) in [5.74, 6) is -0.780. The number of nitrogens with one attached hydrogen (secondary N) is 1. The highest BCUT2D eigenvalue weighted by Gasteiger charge is 2.33. The van der Waals surface area contributed by atoms with Crippen molar-refractivity contribution >= 4 is 40.5 Å². The number of aromatic nitrogens is 1. The molecule has 0 fully saturated rings. The van der Waals surface area contributed by atoms with Gasteiger partial charge in [0.05, 0.1) is 34.2 Å². The van der Waals surface area contributed by atoms with Crippen molar-refractivity contribution in [1.29, 1.82) is 0 Å². The molecule has 0 spiro atoms. The monoisotopic (exact) mass is 493 g/mol. The van der Waals surface area contributed by atoms with Crippen molar-refractivity contribution in [2.45, 2.75) is 39.7 Å². The Morgan fingerprint density at radius 1 is 1.20 bits per heavy atom. The number of ether oxygens (including phenoxy) is 2. The number of carbonyl (C=O) groups is 3. The Bertz CT molecular complexity index is 1260. The number of hydrogen-bond acceptors (Lipinski definition) is 7. The number of rotatable bonds is 8. The molecule has 1 atom stereocenters. The third kappa shape index (κ3) is 5.35. The van der Waals surface area contributed by atoms with E-state index in [1.165, 1.54) is 4.90 Å². The molecule has 1 aliphatic rings. The van der Waals surface area contributed by atoms with Gasteiger partial charge in [0.15, 0.2) is 6.10 Å². The van der Waals surface area contributed by atoms with Crippen molar-refractivity contribution < 1.29 is 23.9 Å². The molecule has 2 heterocycles.